The van der Waals surface area contributed by atoms with E-state index in [0.717, 1.165) is 56.9 Å². The standard InChI is InChI=1S/C46H70N2O6/c1-29(2)38-32(49)25-46(35(50)28-48(24-23-47)27-30-13-11-10-12-14-30)22-21-44(8)31(39(38)46)15-16-34-43(7)19-18-36(54-37(51)26-41(3,4)40(52)53)42(5,6)33(43)17-20-45(34,44)9/h10-14,29,31,33-36,50H,15-28,47H2,1-9H3,(H,52,53)/t31-,33+,34-,35+,36+,43+,44-,45-,46+/m1/s1. The minimum atomic E-state index is -1.17. The van der Waals surface area contributed by atoms with Gasteiger partial charge in [-0.1, -0.05) is 84.4 Å². The maximum Gasteiger partial charge on any atom is 0.309 e. The number of aliphatic carboxylic acids is 1. The van der Waals surface area contributed by atoms with E-state index in [-0.39, 0.29) is 51.8 Å². The quantitative estimate of drug-likeness (QED) is 0.183. The first-order chi connectivity index (χ1) is 25.2. The third-order valence-electron chi connectivity index (χ3n) is 16.6. The molecule has 4 saturated carbocycles. The molecule has 0 aliphatic heterocycles. The van der Waals surface area contributed by atoms with Crippen molar-refractivity contribution in [3.8, 4) is 0 Å². The largest absolute Gasteiger partial charge is 0.481 e. The molecule has 8 nitrogen and oxygen atoms in total. The Hall–Kier alpha value is -2.55. The fourth-order valence-electron chi connectivity index (χ4n) is 13.6. The number of nitrogens with zero attached hydrogens (tertiary/aromatic N) is 1. The number of hydrogen-bond acceptors (Lipinski definition) is 7. The molecule has 0 amide bonds. The highest BCUT2D eigenvalue weighted by Crippen LogP contribution is 2.77. The molecule has 0 spiro atoms. The van der Waals surface area contributed by atoms with Crippen LogP contribution in [0.1, 0.15) is 132 Å². The second-order valence-corrected chi connectivity index (χ2v) is 20.6. The zero-order chi connectivity index (χ0) is 39.6. The van der Waals surface area contributed by atoms with E-state index in [0.29, 0.717) is 44.4 Å². The van der Waals surface area contributed by atoms with Crippen LogP contribution in [-0.2, 0) is 25.7 Å². The topological polar surface area (TPSA) is 130 Å². The van der Waals surface area contributed by atoms with Crippen molar-refractivity contribution in [2.75, 3.05) is 19.6 Å². The number of ketones is 1. The number of benzene rings is 1. The highest BCUT2D eigenvalue weighted by Gasteiger charge is 2.70. The SMILES string of the molecule is CC(C)C1=C2[C@H]3CC[C@@H]4[C@@]5(C)CC[C@H](OC(=O)CC(C)(C)C(=O)O)C(C)(C)[C@@H]5CC[C@@]4(C)[C@]3(C)CC[C@@]2([C@@H](O)CN(CCN)Cc2ccccc2)CC1=O. The zero-order valence-electron chi connectivity index (χ0n) is 34.8. The van der Waals surface area contributed by atoms with Gasteiger partial charge >= 0.3 is 11.9 Å². The molecule has 8 heteroatoms. The smallest absolute Gasteiger partial charge is 0.309 e. The Balaban J connectivity index is 1.29. The normalized spacial score (nSPS) is 36.6. The average molecular weight is 747 g/mol. The number of nitrogens with two attached hydrogens (primary N) is 1. The van der Waals surface area contributed by atoms with E-state index >= 15 is 0 Å². The van der Waals surface area contributed by atoms with Gasteiger partial charge in [-0.3, -0.25) is 19.3 Å². The van der Waals surface area contributed by atoms with Gasteiger partial charge in [-0.05, 0) is 116 Å². The van der Waals surface area contributed by atoms with Crippen LogP contribution >= 0.6 is 0 Å². The number of allylic oxidation sites excluding steroid dienone is 1. The van der Waals surface area contributed by atoms with Crippen LogP contribution < -0.4 is 5.73 Å². The number of carbonyl (C=O) groups excluding carboxylic acids is 2. The summed E-state index contributed by atoms with van der Waals surface area (Å²) >= 11 is 0. The molecule has 1 aromatic carbocycles. The van der Waals surface area contributed by atoms with Gasteiger partial charge in [0.1, 0.15) is 6.10 Å². The molecule has 54 heavy (non-hydrogen) atoms. The van der Waals surface area contributed by atoms with Crippen molar-refractivity contribution < 1.29 is 29.3 Å². The van der Waals surface area contributed by atoms with Crippen molar-refractivity contribution in [2.45, 2.75) is 145 Å². The van der Waals surface area contributed by atoms with Crippen molar-refractivity contribution in [1.29, 1.82) is 0 Å². The maximum atomic E-state index is 14.2. The number of aliphatic hydroxyl groups excluding tert-OH is 1. The van der Waals surface area contributed by atoms with Gasteiger partial charge in [0.2, 0.25) is 0 Å². The van der Waals surface area contributed by atoms with Crippen LogP contribution in [0.2, 0.25) is 0 Å². The van der Waals surface area contributed by atoms with E-state index in [1.54, 1.807) is 13.8 Å². The number of rotatable bonds is 12. The number of aliphatic hydroxyl groups is 1. The summed E-state index contributed by atoms with van der Waals surface area (Å²) in [7, 11) is 0. The first-order valence-electron chi connectivity index (χ1n) is 21.0. The molecule has 0 unspecified atom stereocenters. The summed E-state index contributed by atoms with van der Waals surface area (Å²) in [5.74, 6) is 0.0186. The van der Waals surface area contributed by atoms with Crippen LogP contribution in [0.15, 0.2) is 41.5 Å². The van der Waals surface area contributed by atoms with Crippen molar-refractivity contribution in [3.05, 3.63) is 47.0 Å². The number of esters is 1. The lowest BCUT2D eigenvalue weighted by Crippen LogP contribution is -2.66. The lowest BCUT2D eigenvalue weighted by atomic mass is 9.33. The fourth-order valence-corrected chi connectivity index (χ4v) is 13.6. The second kappa shape index (κ2) is 14.4. The Morgan fingerprint density at radius 1 is 0.944 bits per heavy atom. The van der Waals surface area contributed by atoms with E-state index in [9.17, 15) is 24.6 Å². The molecule has 0 saturated heterocycles. The van der Waals surface area contributed by atoms with E-state index in [1.165, 1.54) is 11.1 Å². The summed E-state index contributed by atoms with van der Waals surface area (Å²) in [4.78, 5) is 41.4. The number of ether oxygens (including phenoxy) is 1. The van der Waals surface area contributed by atoms with Crippen LogP contribution in [0.4, 0.5) is 0 Å². The number of carboxylic acid groups (broad SMARTS) is 1. The van der Waals surface area contributed by atoms with Gasteiger partial charge in [-0.15, -0.1) is 0 Å². The van der Waals surface area contributed by atoms with Gasteiger partial charge in [0.05, 0.1) is 17.9 Å². The van der Waals surface area contributed by atoms with Crippen molar-refractivity contribution in [2.24, 2.45) is 61.9 Å². The highest BCUT2D eigenvalue weighted by molar-refractivity contribution is 6.00. The molecular formula is C46H70N2O6. The first kappa shape index (κ1) is 41.1. The van der Waals surface area contributed by atoms with Crippen LogP contribution in [-0.4, -0.2) is 64.7 Å². The Morgan fingerprint density at radius 2 is 1.63 bits per heavy atom. The molecule has 6 rings (SSSR count). The number of carboxylic acids is 1. The van der Waals surface area contributed by atoms with Gasteiger partial charge in [0.25, 0.3) is 0 Å². The number of hydrogen-bond donors (Lipinski definition) is 3. The highest BCUT2D eigenvalue weighted by atomic mass is 16.5. The van der Waals surface area contributed by atoms with Gasteiger partial charge in [0, 0.05) is 43.4 Å². The molecule has 5 aliphatic carbocycles. The van der Waals surface area contributed by atoms with Gasteiger partial charge in [-0.25, -0.2) is 0 Å². The predicted octanol–water partition coefficient (Wildman–Crippen LogP) is 8.20. The molecule has 300 valence electrons. The van der Waals surface area contributed by atoms with Gasteiger partial charge in [-0.2, -0.15) is 0 Å². The van der Waals surface area contributed by atoms with Crippen LogP contribution in [0.5, 0.6) is 0 Å². The third kappa shape index (κ3) is 6.52. The summed E-state index contributed by atoms with van der Waals surface area (Å²) < 4.78 is 6.18. The van der Waals surface area contributed by atoms with Crippen molar-refractivity contribution in [3.63, 3.8) is 0 Å². The maximum absolute atomic E-state index is 14.2. The minimum Gasteiger partial charge on any atom is -0.481 e. The van der Waals surface area contributed by atoms with Gasteiger partial charge in [0.15, 0.2) is 5.78 Å². The van der Waals surface area contributed by atoms with Crippen LogP contribution in [0.3, 0.4) is 0 Å². The fraction of sp³-hybridized carbons (Fsp3) is 0.761. The lowest BCUT2D eigenvalue weighted by molar-refractivity contribution is -0.235. The van der Waals surface area contributed by atoms with E-state index in [2.05, 4.69) is 77.6 Å². The molecule has 0 radical (unpaired) electrons. The van der Waals surface area contributed by atoms with Crippen molar-refractivity contribution in [1.82, 2.24) is 4.90 Å². The minimum absolute atomic E-state index is 0.0237. The summed E-state index contributed by atoms with van der Waals surface area (Å²) in [6.45, 7) is 22.1. The molecule has 5 aliphatic rings. The van der Waals surface area contributed by atoms with E-state index in [4.69, 9.17) is 10.5 Å². The lowest BCUT2D eigenvalue weighted by Gasteiger charge is -2.72. The third-order valence-corrected chi connectivity index (χ3v) is 16.6. The Kier molecular flexibility index (Phi) is 11.0. The first-order valence-corrected chi connectivity index (χ1v) is 21.0. The molecule has 0 heterocycles. The van der Waals surface area contributed by atoms with Crippen molar-refractivity contribution >= 4 is 17.7 Å². The Morgan fingerprint density at radius 3 is 2.26 bits per heavy atom. The monoisotopic (exact) mass is 747 g/mol. The second-order valence-electron chi connectivity index (χ2n) is 20.6. The number of fused-ring (bicyclic) bond motifs is 7. The molecule has 0 bridgehead atoms. The zero-order valence-corrected chi connectivity index (χ0v) is 34.8. The van der Waals surface area contributed by atoms with E-state index < -0.39 is 28.9 Å². The summed E-state index contributed by atoms with van der Waals surface area (Å²) in [6.07, 6.45) is 7.15. The Bertz CT molecular complexity index is 1630. The number of carbonyl (C=O) groups is 3. The number of Topliss-reactive ketones (excluding diaryl/α,β-unsaturated/α-hetero) is 1. The van der Waals surface area contributed by atoms with Gasteiger partial charge < -0.3 is 20.7 Å². The van der Waals surface area contributed by atoms with Crippen LogP contribution in [0, 0.1) is 56.2 Å². The van der Waals surface area contributed by atoms with Crippen LogP contribution in [0.25, 0.3) is 0 Å². The molecule has 4 fully saturated rings. The molecule has 1 aromatic rings. The average Bonchev–Trinajstić information content (AvgIpc) is 3.40. The molecule has 9 atom stereocenters. The molecular weight excluding hydrogens is 677 g/mol. The molecule has 0 aromatic heterocycles. The Labute approximate surface area is 325 Å². The predicted molar refractivity (Wildman–Crippen MR) is 212 cm³/mol. The summed E-state index contributed by atoms with van der Waals surface area (Å²) in [5, 5.41) is 22.1. The summed E-state index contributed by atoms with van der Waals surface area (Å²) in [6, 6.07) is 10.4. The summed E-state index contributed by atoms with van der Waals surface area (Å²) in [5.41, 5.74) is 7.71. The van der Waals surface area contributed by atoms with E-state index in [1.807, 2.05) is 6.07 Å². The molecule has 4 N–H and O–H groups in total.